The quantitative estimate of drug-likeness (QED) is 0.847. The van der Waals surface area contributed by atoms with Crippen molar-refractivity contribution in [2.75, 3.05) is 6.54 Å². The van der Waals surface area contributed by atoms with Crippen LogP contribution in [0.1, 0.15) is 35.9 Å². The second-order valence-electron chi connectivity index (χ2n) is 5.17. The average Bonchev–Trinajstić information content (AvgIpc) is 2.67. The van der Waals surface area contributed by atoms with Gasteiger partial charge in [0.05, 0.1) is 5.69 Å². The van der Waals surface area contributed by atoms with Crippen molar-refractivity contribution in [2.45, 2.75) is 40.7 Å². The normalized spacial score (nSPS) is 11.1. The summed E-state index contributed by atoms with van der Waals surface area (Å²) in [6, 6.07) is 5.34. The third kappa shape index (κ3) is 2.90. The van der Waals surface area contributed by atoms with Crippen LogP contribution in [0.4, 0.5) is 4.39 Å². The number of nitrogens with one attached hydrogen (secondary N) is 1. The number of hydrogen-bond donors (Lipinski definition) is 1. The first-order valence-corrected chi connectivity index (χ1v) is 7.07. The smallest absolute Gasteiger partial charge is 0.149 e. The predicted octanol–water partition coefficient (Wildman–Crippen LogP) is 3.44. The van der Waals surface area contributed by atoms with Crippen molar-refractivity contribution in [1.82, 2.24) is 15.1 Å². The molecule has 2 rings (SSSR count). The monoisotopic (exact) mass is 275 g/mol. The second-order valence-corrected chi connectivity index (χ2v) is 5.17. The van der Waals surface area contributed by atoms with Gasteiger partial charge >= 0.3 is 0 Å². The zero-order valence-electron chi connectivity index (χ0n) is 12.6. The Morgan fingerprint density at radius 3 is 2.55 bits per heavy atom. The molecular formula is C16H22FN3. The minimum atomic E-state index is -0.230. The summed E-state index contributed by atoms with van der Waals surface area (Å²) >= 11 is 0. The predicted molar refractivity (Wildman–Crippen MR) is 79.7 cm³/mol. The zero-order chi connectivity index (χ0) is 14.7. The summed E-state index contributed by atoms with van der Waals surface area (Å²) in [6.07, 6.45) is 1.08. The van der Waals surface area contributed by atoms with Gasteiger partial charge in [0, 0.05) is 12.2 Å². The lowest BCUT2D eigenvalue weighted by atomic mass is 10.2. The first kappa shape index (κ1) is 14.7. The molecule has 0 radical (unpaired) electrons. The van der Waals surface area contributed by atoms with Crippen molar-refractivity contribution in [3.63, 3.8) is 0 Å². The van der Waals surface area contributed by atoms with Crippen LogP contribution in [-0.2, 0) is 6.54 Å². The third-order valence-electron chi connectivity index (χ3n) is 3.65. The van der Waals surface area contributed by atoms with E-state index in [1.54, 1.807) is 16.8 Å². The van der Waals surface area contributed by atoms with Gasteiger partial charge in [-0.1, -0.05) is 13.0 Å². The first-order chi connectivity index (χ1) is 9.54. The van der Waals surface area contributed by atoms with E-state index in [9.17, 15) is 4.39 Å². The highest BCUT2D eigenvalue weighted by atomic mass is 19.1. The van der Waals surface area contributed by atoms with Crippen molar-refractivity contribution in [1.29, 1.82) is 0 Å². The van der Waals surface area contributed by atoms with E-state index in [1.165, 1.54) is 0 Å². The fourth-order valence-corrected chi connectivity index (χ4v) is 2.20. The summed E-state index contributed by atoms with van der Waals surface area (Å²) < 4.78 is 16.0. The van der Waals surface area contributed by atoms with E-state index in [0.717, 1.165) is 35.5 Å². The van der Waals surface area contributed by atoms with Crippen LogP contribution in [0.5, 0.6) is 0 Å². The molecule has 0 fully saturated rings. The van der Waals surface area contributed by atoms with Crippen LogP contribution in [0.2, 0.25) is 0 Å². The number of nitrogens with zero attached hydrogens (tertiary/aromatic N) is 2. The van der Waals surface area contributed by atoms with Crippen molar-refractivity contribution >= 4 is 0 Å². The van der Waals surface area contributed by atoms with Crippen molar-refractivity contribution in [2.24, 2.45) is 0 Å². The van der Waals surface area contributed by atoms with Crippen LogP contribution in [-0.4, -0.2) is 16.3 Å². The first-order valence-electron chi connectivity index (χ1n) is 7.07. The van der Waals surface area contributed by atoms with Gasteiger partial charge in [-0.15, -0.1) is 0 Å². The lowest BCUT2D eigenvalue weighted by Gasteiger charge is -2.09. The van der Waals surface area contributed by atoms with Gasteiger partial charge in [-0.25, -0.2) is 9.07 Å². The second kappa shape index (κ2) is 6.18. The molecule has 1 heterocycles. The Balaban J connectivity index is 2.27. The summed E-state index contributed by atoms with van der Waals surface area (Å²) in [5.74, 6) is -0.230. The lowest BCUT2D eigenvalue weighted by molar-refractivity contribution is 0.601. The molecule has 1 aromatic carbocycles. The van der Waals surface area contributed by atoms with Crippen LogP contribution in [0.3, 0.4) is 0 Å². The van der Waals surface area contributed by atoms with Gasteiger partial charge in [-0.3, -0.25) is 0 Å². The van der Waals surface area contributed by atoms with Crippen LogP contribution in [0, 0.1) is 26.6 Å². The van der Waals surface area contributed by atoms with Crippen molar-refractivity contribution in [3.05, 3.63) is 46.5 Å². The average molecular weight is 275 g/mol. The van der Waals surface area contributed by atoms with Crippen LogP contribution < -0.4 is 5.32 Å². The summed E-state index contributed by atoms with van der Waals surface area (Å²) in [5, 5.41) is 7.68. The number of rotatable bonds is 5. The van der Waals surface area contributed by atoms with Crippen molar-refractivity contribution in [3.8, 4) is 5.69 Å². The standard InChI is InChI=1S/C16H22FN3/c1-5-8-18-10-14-6-7-16(15(17)9-14)20-13(4)11(2)12(3)19-20/h6-7,9,18H,5,8,10H2,1-4H3. The van der Waals surface area contributed by atoms with Gasteiger partial charge in [-0.2, -0.15) is 5.10 Å². The zero-order valence-corrected chi connectivity index (χ0v) is 12.6. The van der Waals surface area contributed by atoms with E-state index in [-0.39, 0.29) is 5.82 Å². The maximum Gasteiger partial charge on any atom is 0.149 e. The maximum absolute atomic E-state index is 14.3. The third-order valence-corrected chi connectivity index (χ3v) is 3.65. The van der Waals surface area contributed by atoms with Crippen LogP contribution in [0.15, 0.2) is 18.2 Å². The minimum Gasteiger partial charge on any atom is -0.313 e. The maximum atomic E-state index is 14.3. The minimum absolute atomic E-state index is 0.230. The van der Waals surface area contributed by atoms with E-state index in [1.807, 2.05) is 26.8 Å². The molecule has 0 bridgehead atoms. The fourth-order valence-electron chi connectivity index (χ4n) is 2.20. The topological polar surface area (TPSA) is 29.9 Å². The van der Waals surface area contributed by atoms with E-state index in [0.29, 0.717) is 12.2 Å². The molecule has 3 nitrogen and oxygen atoms in total. The SMILES string of the molecule is CCCNCc1ccc(-n2nc(C)c(C)c2C)c(F)c1. The molecule has 0 aliphatic carbocycles. The summed E-state index contributed by atoms with van der Waals surface area (Å²) in [4.78, 5) is 0. The molecule has 0 saturated carbocycles. The molecule has 0 aliphatic heterocycles. The molecule has 0 aliphatic rings. The molecule has 1 aromatic heterocycles. The van der Waals surface area contributed by atoms with E-state index >= 15 is 0 Å². The lowest BCUT2D eigenvalue weighted by Crippen LogP contribution is -2.14. The Bertz CT molecular complexity index is 602. The van der Waals surface area contributed by atoms with E-state index < -0.39 is 0 Å². The molecule has 108 valence electrons. The van der Waals surface area contributed by atoms with Crippen LogP contribution >= 0.6 is 0 Å². The Hall–Kier alpha value is -1.68. The molecule has 2 aromatic rings. The molecule has 0 spiro atoms. The summed E-state index contributed by atoms with van der Waals surface area (Å²) in [5.41, 5.74) is 4.50. The van der Waals surface area contributed by atoms with Crippen molar-refractivity contribution < 1.29 is 4.39 Å². The number of benzene rings is 1. The van der Waals surface area contributed by atoms with Gasteiger partial charge in [0.25, 0.3) is 0 Å². The number of hydrogen-bond acceptors (Lipinski definition) is 2. The number of aryl methyl sites for hydroxylation is 1. The number of aromatic nitrogens is 2. The van der Waals surface area contributed by atoms with E-state index in [4.69, 9.17) is 0 Å². The Labute approximate surface area is 119 Å². The molecule has 0 atom stereocenters. The summed E-state index contributed by atoms with van der Waals surface area (Å²) in [7, 11) is 0. The Kier molecular flexibility index (Phi) is 4.55. The molecule has 0 unspecified atom stereocenters. The number of halogens is 1. The molecule has 0 amide bonds. The Morgan fingerprint density at radius 2 is 2.00 bits per heavy atom. The largest absolute Gasteiger partial charge is 0.313 e. The van der Waals surface area contributed by atoms with Gasteiger partial charge in [0.1, 0.15) is 11.5 Å². The van der Waals surface area contributed by atoms with E-state index in [2.05, 4.69) is 17.3 Å². The molecule has 1 N–H and O–H groups in total. The van der Waals surface area contributed by atoms with Gasteiger partial charge in [0.15, 0.2) is 0 Å². The van der Waals surface area contributed by atoms with Crippen LogP contribution in [0.25, 0.3) is 5.69 Å². The summed E-state index contributed by atoms with van der Waals surface area (Å²) in [6.45, 7) is 9.67. The molecular weight excluding hydrogens is 253 g/mol. The Morgan fingerprint density at radius 1 is 1.25 bits per heavy atom. The molecule has 0 saturated heterocycles. The van der Waals surface area contributed by atoms with Gasteiger partial charge in [0.2, 0.25) is 0 Å². The van der Waals surface area contributed by atoms with Gasteiger partial charge < -0.3 is 5.32 Å². The highest BCUT2D eigenvalue weighted by molar-refractivity contribution is 5.39. The highest BCUT2D eigenvalue weighted by Crippen LogP contribution is 2.20. The van der Waals surface area contributed by atoms with Gasteiger partial charge in [-0.05, 0) is 57.0 Å². The molecule has 20 heavy (non-hydrogen) atoms. The fraction of sp³-hybridized carbons (Fsp3) is 0.438. The highest BCUT2D eigenvalue weighted by Gasteiger charge is 2.12. The molecule has 4 heteroatoms.